The highest BCUT2D eigenvalue weighted by molar-refractivity contribution is 7.12. The monoisotopic (exact) mass is 237 g/mol. The molecule has 0 amide bonds. The van der Waals surface area contributed by atoms with Gasteiger partial charge in [-0.15, -0.1) is 11.3 Å². The zero-order valence-corrected chi connectivity index (χ0v) is 11.0. The molecule has 1 aliphatic rings. The second-order valence-corrected chi connectivity index (χ2v) is 5.56. The molecule has 1 aromatic rings. The molecule has 3 heteroatoms. The summed E-state index contributed by atoms with van der Waals surface area (Å²) in [7, 11) is 2.02. The van der Waals surface area contributed by atoms with Crippen molar-refractivity contribution >= 4 is 11.3 Å². The van der Waals surface area contributed by atoms with Crippen molar-refractivity contribution in [3.05, 3.63) is 33.2 Å². The minimum atomic E-state index is 0.331. The van der Waals surface area contributed by atoms with Crippen LogP contribution in [0.4, 0.5) is 0 Å². The Morgan fingerprint density at radius 2 is 2.25 bits per heavy atom. The van der Waals surface area contributed by atoms with Gasteiger partial charge in [0.25, 0.3) is 0 Å². The summed E-state index contributed by atoms with van der Waals surface area (Å²) >= 11 is 1.88. The number of hydrogen-bond acceptors (Lipinski definition) is 3. The Kier molecular flexibility index (Phi) is 3.66. The summed E-state index contributed by atoms with van der Waals surface area (Å²) in [5.74, 6) is 0. The van der Waals surface area contributed by atoms with E-state index in [0.29, 0.717) is 6.04 Å². The minimum absolute atomic E-state index is 0.331. The lowest BCUT2D eigenvalue weighted by molar-refractivity contribution is 0.220. The van der Waals surface area contributed by atoms with Crippen LogP contribution >= 0.6 is 11.3 Å². The van der Waals surface area contributed by atoms with Gasteiger partial charge in [0, 0.05) is 9.75 Å². The molecule has 1 aromatic heterocycles. The van der Waals surface area contributed by atoms with Gasteiger partial charge in [-0.05, 0) is 50.9 Å². The van der Waals surface area contributed by atoms with E-state index in [-0.39, 0.29) is 0 Å². The molecule has 1 unspecified atom stereocenters. The minimum Gasteiger partial charge on any atom is -0.501 e. The first-order chi connectivity index (χ1) is 7.72. The molecule has 2 heterocycles. The zero-order valence-electron chi connectivity index (χ0n) is 10.2. The molecule has 0 bridgehead atoms. The number of hydrogen-bond donors (Lipinski definition) is 1. The molecular weight excluding hydrogens is 218 g/mol. The van der Waals surface area contributed by atoms with Crippen molar-refractivity contribution in [3.63, 3.8) is 0 Å². The van der Waals surface area contributed by atoms with E-state index in [1.807, 2.05) is 24.6 Å². The Bertz CT molecular complexity index is 375. The molecule has 1 aliphatic heterocycles. The molecule has 1 atom stereocenters. The predicted octanol–water partition coefficient (Wildman–Crippen LogP) is 3.32. The van der Waals surface area contributed by atoms with E-state index in [1.54, 1.807) is 0 Å². The lowest BCUT2D eigenvalue weighted by Gasteiger charge is -2.21. The molecular formula is C13H19NOS. The van der Waals surface area contributed by atoms with Gasteiger partial charge in [0.05, 0.1) is 18.9 Å². The molecule has 0 saturated heterocycles. The highest BCUT2D eigenvalue weighted by Crippen LogP contribution is 2.33. The van der Waals surface area contributed by atoms with Crippen LogP contribution in [0.1, 0.15) is 34.2 Å². The topological polar surface area (TPSA) is 21.3 Å². The number of thiophene rings is 1. The van der Waals surface area contributed by atoms with Crippen molar-refractivity contribution in [3.8, 4) is 0 Å². The van der Waals surface area contributed by atoms with Crippen LogP contribution in [0.5, 0.6) is 0 Å². The third-order valence-corrected chi connectivity index (χ3v) is 4.31. The zero-order chi connectivity index (χ0) is 11.5. The van der Waals surface area contributed by atoms with Crippen molar-refractivity contribution in [2.24, 2.45) is 0 Å². The summed E-state index contributed by atoms with van der Waals surface area (Å²) in [6.45, 7) is 5.22. The fourth-order valence-corrected chi connectivity index (χ4v) is 3.25. The van der Waals surface area contributed by atoms with Crippen molar-refractivity contribution in [2.75, 3.05) is 13.7 Å². The standard InChI is InChI=1S/C13H19NOS/c1-9-7-12(16-10(9)2)13(14-3)11-5-4-6-15-8-11/h7-8,13-14H,4-6H2,1-3H3. The van der Waals surface area contributed by atoms with E-state index < -0.39 is 0 Å². The van der Waals surface area contributed by atoms with Crippen LogP contribution in [-0.2, 0) is 4.74 Å². The lowest BCUT2D eigenvalue weighted by Crippen LogP contribution is -2.19. The number of likely N-dealkylation sites (N-methyl/N-ethyl adjacent to an activating group) is 1. The predicted molar refractivity (Wildman–Crippen MR) is 68.9 cm³/mol. The third kappa shape index (κ3) is 2.30. The third-order valence-electron chi connectivity index (χ3n) is 3.09. The molecule has 16 heavy (non-hydrogen) atoms. The highest BCUT2D eigenvalue weighted by Gasteiger charge is 2.19. The molecule has 88 valence electrons. The van der Waals surface area contributed by atoms with Crippen LogP contribution in [0, 0.1) is 13.8 Å². The Morgan fingerprint density at radius 1 is 1.44 bits per heavy atom. The largest absolute Gasteiger partial charge is 0.501 e. The normalized spacial score (nSPS) is 17.8. The smallest absolute Gasteiger partial charge is 0.0876 e. The highest BCUT2D eigenvalue weighted by atomic mass is 32.1. The maximum Gasteiger partial charge on any atom is 0.0876 e. The van der Waals surface area contributed by atoms with Crippen LogP contribution in [0.3, 0.4) is 0 Å². The maximum absolute atomic E-state index is 5.43. The van der Waals surface area contributed by atoms with Crippen LogP contribution in [-0.4, -0.2) is 13.7 Å². The Balaban J connectivity index is 2.24. The second-order valence-electron chi connectivity index (χ2n) is 4.28. The van der Waals surface area contributed by atoms with E-state index in [9.17, 15) is 0 Å². The molecule has 0 aliphatic carbocycles. The van der Waals surface area contributed by atoms with Crippen molar-refractivity contribution in [2.45, 2.75) is 32.7 Å². The average molecular weight is 237 g/mol. The van der Waals surface area contributed by atoms with E-state index in [1.165, 1.54) is 20.9 Å². The summed E-state index contributed by atoms with van der Waals surface area (Å²) in [5, 5.41) is 3.39. The second kappa shape index (κ2) is 5.02. The number of nitrogens with one attached hydrogen (secondary N) is 1. The molecule has 0 spiro atoms. The van der Waals surface area contributed by atoms with Crippen LogP contribution in [0.2, 0.25) is 0 Å². The number of ether oxygens (including phenoxy) is 1. The van der Waals surface area contributed by atoms with Crippen molar-refractivity contribution in [1.29, 1.82) is 0 Å². The quantitative estimate of drug-likeness (QED) is 0.870. The van der Waals surface area contributed by atoms with Gasteiger partial charge in [-0.3, -0.25) is 0 Å². The molecule has 0 radical (unpaired) electrons. The Morgan fingerprint density at radius 3 is 2.75 bits per heavy atom. The Labute approximate surface area is 101 Å². The van der Waals surface area contributed by atoms with Crippen molar-refractivity contribution in [1.82, 2.24) is 5.32 Å². The lowest BCUT2D eigenvalue weighted by atomic mass is 10.0. The van der Waals surface area contributed by atoms with E-state index in [4.69, 9.17) is 4.74 Å². The van der Waals surface area contributed by atoms with E-state index in [0.717, 1.165) is 19.4 Å². The molecule has 0 aromatic carbocycles. The van der Waals surface area contributed by atoms with Crippen LogP contribution in [0.25, 0.3) is 0 Å². The summed E-state index contributed by atoms with van der Waals surface area (Å²) < 4.78 is 5.43. The first-order valence-corrected chi connectivity index (χ1v) is 6.58. The van der Waals surface area contributed by atoms with E-state index in [2.05, 4.69) is 25.2 Å². The van der Waals surface area contributed by atoms with Gasteiger partial charge in [0.15, 0.2) is 0 Å². The maximum atomic E-state index is 5.43. The number of aryl methyl sites for hydroxylation is 2. The van der Waals surface area contributed by atoms with Gasteiger partial charge in [-0.1, -0.05) is 0 Å². The van der Waals surface area contributed by atoms with Gasteiger partial charge in [-0.2, -0.15) is 0 Å². The van der Waals surface area contributed by atoms with Gasteiger partial charge in [0.2, 0.25) is 0 Å². The van der Waals surface area contributed by atoms with Gasteiger partial charge in [0.1, 0.15) is 0 Å². The summed E-state index contributed by atoms with van der Waals surface area (Å²) in [6, 6.07) is 2.62. The molecule has 0 saturated carbocycles. The fourth-order valence-electron chi connectivity index (χ4n) is 2.05. The summed E-state index contributed by atoms with van der Waals surface area (Å²) in [4.78, 5) is 2.81. The van der Waals surface area contributed by atoms with E-state index >= 15 is 0 Å². The fraction of sp³-hybridized carbons (Fsp3) is 0.538. The van der Waals surface area contributed by atoms with Gasteiger partial charge >= 0.3 is 0 Å². The van der Waals surface area contributed by atoms with Gasteiger partial charge in [-0.25, -0.2) is 0 Å². The molecule has 0 fully saturated rings. The molecule has 2 rings (SSSR count). The summed E-state index contributed by atoms with van der Waals surface area (Å²) in [5.41, 5.74) is 2.76. The Hall–Kier alpha value is -0.800. The first kappa shape index (κ1) is 11.7. The molecule has 1 N–H and O–H groups in total. The summed E-state index contributed by atoms with van der Waals surface area (Å²) in [6.07, 6.45) is 4.21. The molecule has 2 nitrogen and oxygen atoms in total. The first-order valence-electron chi connectivity index (χ1n) is 5.77. The van der Waals surface area contributed by atoms with Gasteiger partial charge < -0.3 is 10.1 Å². The van der Waals surface area contributed by atoms with Crippen LogP contribution < -0.4 is 5.32 Å². The van der Waals surface area contributed by atoms with Crippen molar-refractivity contribution < 1.29 is 4.74 Å². The SMILES string of the molecule is CNC(C1=COCCC1)c1cc(C)c(C)s1. The number of rotatable bonds is 3. The van der Waals surface area contributed by atoms with Crippen LogP contribution in [0.15, 0.2) is 17.9 Å². The average Bonchev–Trinajstić information content (AvgIpc) is 2.61.